The molecule has 1 heterocycles. The fraction of sp³-hybridized carbons (Fsp3) is 0.143. The van der Waals surface area contributed by atoms with E-state index in [2.05, 4.69) is 5.10 Å². The molecule has 4 nitrogen and oxygen atoms in total. The summed E-state index contributed by atoms with van der Waals surface area (Å²) >= 11 is 0. The smallest absolute Gasteiger partial charge is 0.292 e. The summed E-state index contributed by atoms with van der Waals surface area (Å²) in [6, 6.07) is 14.8. The Kier molecular flexibility index (Phi) is 5.45. The van der Waals surface area contributed by atoms with Gasteiger partial charge in [-0.2, -0.15) is 13.9 Å². The van der Waals surface area contributed by atoms with Gasteiger partial charge >= 0.3 is 0 Å². The van der Waals surface area contributed by atoms with Crippen molar-refractivity contribution in [2.24, 2.45) is 0 Å². The van der Waals surface area contributed by atoms with E-state index in [0.29, 0.717) is 11.3 Å². The molecule has 2 aromatic carbocycles. The number of alkyl halides is 2. The van der Waals surface area contributed by atoms with Crippen LogP contribution < -0.4 is 5.73 Å². The molecule has 0 aliphatic carbocycles. The standard InChI is InChI=1S/C21H19F2N3O/c22-21(23,18-7-2-1-3-8-18)15-26-14-16(13-25-26)10-11-19(27)12-17-6-4-5-9-20(17)24/h1-11,13-14H,12,15,24H2/b11-10+. The lowest BCUT2D eigenvalue weighted by atomic mass is 10.1. The first kappa shape index (κ1) is 18.5. The van der Waals surface area contributed by atoms with Crippen LogP contribution in [0.1, 0.15) is 16.7 Å². The predicted molar refractivity (Wildman–Crippen MR) is 101 cm³/mol. The Morgan fingerprint density at radius 3 is 2.56 bits per heavy atom. The Labute approximate surface area is 155 Å². The highest BCUT2D eigenvalue weighted by molar-refractivity contribution is 5.95. The van der Waals surface area contributed by atoms with Crippen molar-refractivity contribution in [1.82, 2.24) is 9.78 Å². The van der Waals surface area contributed by atoms with Crippen LogP contribution in [0, 0.1) is 0 Å². The first-order valence-corrected chi connectivity index (χ1v) is 8.44. The van der Waals surface area contributed by atoms with Crippen LogP contribution in [0.15, 0.2) is 73.1 Å². The highest BCUT2D eigenvalue weighted by Crippen LogP contribution is 2.29. The third kappa shape index (κ3) is 4.88. The average molecular weight is 367 g/mol. The van der Waals surface area contributed by atoms with Crippen LogP contribution >= 0.6 is 0 Å². The summed E-state index contributed by atoms with van der Waals surface area (Å²) in [4.78, 5) is 12.1. The molecule has 0 spiro atoms. The van der Waals surface area contributed by atoms with E-state index in [1.165, 1.54) is 35.3 Å². The van der Waals surface area contributed by atoms with Crippen LogP contribution in [0.3, 0.4) is 0 Å². The number of aromatic nitrogens is 2. The van der Waals surface area contributed by atoms with Crippen LogP contribution in [-0.2, 0) is 23.7 Å². The van der Waals surface area contributed by atoms with E-state index in [9.17, 15) is 13.6 Å². The molecule has 0 aliphatic heterocycles. The predicted octanol–water partition coefficient (Wildman–Crippen LogP) is 4.08. The van der Waals surface area contributed by atoms with Gasteiger partial charge in [0, 0.05) is 29.4 Å². The van der Waals surface area contributed by atoms with Gasteiger partial charge in [-0.15, -0.1) is 0 Å². The van der Waals surface area contributed by atoms with Crippen molar-refractivity contribution in [3.8, 4) is 0 Å². The molecule has 0 fully saturated rings. The number of benzene rings is 2. The zero-order valence-corrected chi connectivity index (χ0v) is 14.6. The maximum Gasteiger partial charge on any atom is 0.292 e. The molecule has 3 rings (SSSR count). The van der Waals surface area contributed by atoms with Gasteiger partial charge in [0.25, 0.3) is 5.92 Å². The number of nitrogens with zero attached hydrogens (tertiary/aromatic N) is 2. The van der Waals surface area contributed by atoms with E-state index in [0.717, 1.165) is 5.56 Å². The quantitative estimate of drug-likeness (QED) is 0.506. The van der Waals surface area contributed by atoms with Gasteiger partial charge in [-0.25, -0.2) is 0 Å². The Balaban J connectivity index is 1.63. The number of halogens is 2. The average Bonchev–Trinajstić information content (AvgIpc) is 3.09. The number of allylic oxidation sites excluding steroid dienone is 1. The van der Waals surface area contributed by atoms with Crippen molar-refractivity contribution in [2.45, 2.75) is 18.9 Å². The lowest BCUT2D eigenvalue weighted by Crippen LogP contribution is -2.21. The molecule has 0 unspecified atom stereocenters. The van der Waals surface area contributed by atoms with E-state index in [1.807, 2.05) is 6.07 Å². The van der Waals surface area contributed by atoms with Crippen molar-refractivity contribution < 1.29 is 13.6 Å². The van der Waals surface area contributed by atoms with E-state index < -0.39 is 12.5 Å². The molecule has 0 radical (unpaired) electrons. The summed E-state index contributed by atoms with van der Waals surface area (Å²) in [5.41, 5.74) is 7.66. The zero-order valence-electron chi connectivity index (χ0n) is 14.6. The molecular weight excluding hydrogens is 348 g/mol. The number of hydrogen-bond acceptors (Lipinski definition) is 3. The molecule has 0 aliphatic rings. The fourth-order valence-electron chi connectivity index (χ4n) is 2.66. The second kappa shape index (κ2) is 7.95. The van der Waals surface area contributed by atoms with Gasteiger partial charge in [-0.3, -0.25) is 9.48 Å². The van der Waals surface area contributed by atoms with Crippen LogP contribution in [0.5, 0.6) is 0 Å². The second-order valence-electron chi connectivity index (χ2n) is 6.22. The minimum atomic E-state index is -3.03. The van der Waals surface area contributed by atoms with Gasteiger partial charge < -0.3 is 5.73 Å². The summed E-state index contributed by atoms with van der Waals surface area (Å²) in [6.07, 6.45) is 6.08. The van der Waals surface area contributed by atoms with Crippen molar-refractivity contribution in [2.75, 3.05) is 5.73 Å². The summed E-state index contributed by atoms with van der Waals surface area (Å²) in [7, 11) is 0. The maximum atomic E-state index is 14.3. The van der Waals surface area contributed by atoms with Crippen LogP contribution in [0.25, 0.3) is 6.08 Å². The maximum absolute atomic E-state index is 14.3. The number of ketones is 1. The molecule has 0 amide bonds. The zero-order chi connectivity index (χ0) is 19.3. The first-order valence-electron chi connectivity index (χ1n) is 8.44. The number of nitrogen functional groups attached to an aromatic ring is 1. The van der Waals surface area contributed by atoms with E-state index in [-0.39, 0.29) is 17.8 Å². The molecule has 138 valence electrons. The molecule has 0 saturated heterocycles. The van der Waals surface area contributed by atoms with Crippen LogP contribution in [0.4, 0.5) is 14.5 Å². The highest BCUT2D eigenvalue weighted by Gasteiger charge is 2.32. The number of carbonyl (C=O) groups is 1. The Bertz CT molecular complexity index is 949. The molecule has 27 heavy (non-hydrogen) atoms. The first-order chi connectivity index (χ1) is 12.9. The summed E-state index contributed by atoms with van der Waals surface area (Å²) in [5, 5.41) is 3.96. The number of rotatable bonds is 7. The lowest BCUT2D eigenvalue weighted by molar-refractivity contribution is -0.113. The topological polar surface area (TPSA) is 60.9 Å². The second-order valence-corrected chi connectivity index (χ2v) is 6.22. The summed E-state index contributed by atoms with van der Waals surface area (Å²) in [6.45, 7) is -0.570. The number of hydrogen-bond donors (Lipinski definition) is 1. The van der Waals surface area contributed by atoms with Crippen molar-refractivity contribution in [3.05, 3.63) is 89.8 Å². The molecule has 0 bridgehead atoms. The molecule has 6 heteroatoms. The SMILES string of the molecule is Nc1ccccc1CC(=O)/C=C/c1cnn(CC(F)(F)c2ccccc2)c1. The lowest BCUT2D eigenvalue weighted by Gasteiger charge is -2.16. The highest BCUT2D eigenvalue weighted by atomic mass is 19.3. The minimum Gasteiger partial charge on any atom is -0.398 e. The third-order valence-corrected chi connectivity index (χ3v) is 4.09. The van der Waals surface area contributed by atoms with Gasteiger partial charge in [-0.05, 0) is 23.8 Å². The number of anilines is 1. The Morgan fingerprint density at radius 1 is 1.11 bits per heavy atom. The molecule has 0 atom stereocenters. The van der Waals surface area contributed by atoms with E-state index in [4.69, 9.17) is 5.73 Å². The number of nitrogens with two attached hydrogens (primary N) is 1. The van der Waals surface area contributed by atoms with Gasteiger partial charge in [0.15, 0.2) is 5.78 Å². The Hall–Kier alpha value is -3.28. The minimum absolute atomic E-state index is 0.0618. The van der Waals surface area contributed by atoms with Gasteiger partial charge in [0.1, 0.15) is 6.54 Å². The van der Waals surface area contributed by atoms with Crippen molar-refractivity contribution in [1.29, 1.82) is 0 Å². The van der Waals surface area contributed by atoms with Gasteiger partial charge in [0.2, 0.25) is 0 Å². The van der Waals surface area contributed by atoms with Crippen LogP contribution in [0.2, 0.25) is 0 Å². The molecule has 3 aromatic rings. The number of para-hydroxylation sites is 1. The monoisotopic (exact) mass is 367 g/mol. The normalized spacial score (nSPS) is 11.8. The van der Waals surface area contributed by atoms with E-state index in [1.54, 1.807) is 42.5 Å². The molecule has 1 aromatic heterocycles. The van der Waals surface area contributed by atoms with Gasteiger partial charge in [0.05, 0.1) is 6.20 Å². The fourth-order valence-corrected chi connectivity index (χ4v) is 2.66. The van der Waals surface area contributed by atoms with E-state index >= 15 is 0 Å². The third-order valence-electron chi connectivity index (χ3n) is 4.09. The van der Waals surface area contributed by atoms with Crippen molar-refractivity contribution >= 4 is 17.5 Å². The molecule has 2 N–H and O–H groups in total. The summed E-state index contributed by atoms with van der Waals surface area (Å²) in [5.74, 6) is -3.16. The molecular formula is C21H19F2N3O. The van der Waals surface area contributed by atoms with Crippen molar-refractivity contribution in [3.63, 3.8) is 0 Å². The van der Waals surface area contributed by atoms with Gasteiger partial charge in [-0.1, -0.05) is 48.5 Å². The number of carbonyl (C=O) groups excluding carboxylic acids is 1. The largest absolute Gasteiger partial charge is 0.398 e. The van der Waals surface area contributed by atoms with Crippen LogP contribution in [-0.4, -0.2) is 15.6 Å². The Morgan fingerprint density at radius 2 is 1.81 bits per heavy atom. The summed E-state index contributed by atoms with van der Waals surface area (Å²) < 4.78 is 29.8. The molecule has 0 saturated carbocycles.